The fraction of sp³-hybridized carbons (Fsp3) is 0.211. The number of rotatable bonds is 5. The standard InChI is InChI=1S/C19H19BrN2O3/c1-3-25-17-11-13(10-16(20)18(17)23)9-15-12(2)21-22(19(15)24)14-7-5-4-6-8-14/h4-8,10-11,21,23H,3,9H2,1-2H3. The van der Waals surface area contributed by atoms with Crippen LogP contribution in [-0.2, 0) is 6.42 Å². The number of hydrogen-bond donors (Lipinski definition) is 2. The molecular formula is C19H19BrN2O3. The third-order valence-electron chi connectivity index (χ3n) is 3.98. The summed E-state index contributed by atoms with van der Waals surface area (Å²) in [6.07, 6.45) is 0.444. The Labute approximate surface area is 154 Å². The minimum absolute atomic E-state index is 0.0677. The van der Waals surface area contributed by atoms with Crippen LogP contribution in [0.25, 0.3) is 5.69 Å². The third-order valence-corrected chi connectivity index (χ3v) is 4.58. The number of hydrogen-bond acceptors (Lipinski definition) is 3. The molecular weight excluding hydrogens is 384 g/mol. The molecule has 130 valence electrons. The summed E-state index contributed by atoms with van der Waals surface area (Å²) in [7, 11) is 0. The number of halogens is 1. The van der Waals surface area contributed by atoms with E-state index < -0.39 is 0 Å². The average Bonchev–Trinajstić information content (AvgIpc) is 2.88. The lowest BCUT2D eigenvalue weighted by atomic mass is 10.1. The number of nitrogens with one attached hydrogen (secondary N) is 1. The Morgan fingerprint density at radius 3 is 2.64 bits per heavy atom. The van der Waals surface area contributed by atoms with Crippen LogP contribution in [-0.4, -0.2) is 21.5 Å². The average molecular weight is 403 g/mol. The number of aromatic nitrogens is 2. The molecule has 0 atom stereocenters. The largest absolute Gasteiger partial charge is 0.503 e. The van der Waals surface area contributed by atoms with Gasteiger partial charge in [0.05, 0.1) is 16.8 Å². The van der Waals surface area contributed by atoms with Crippen molar-refractivity contribution in [2.75, 3.05) is 6.61 Å². The quantitative estimate of drug-likeness (QED) is 0.679. The lowest BCUT2D eigenvalue weighted by molar-refractivity contribution is 0.317. The summed E-state index contributed by atoms with van der Waals surface area (Å²) in [5.74, 6) is 0.474. The molecule has 25 heavy (non-hydrogen) atoms. The molecule has 0 bridgehead atoms. The highest BCUT2D eigenvalue weighted by Gasteiger charge is 2.15. The maximum absolute atomic E-state index is 12.8. The molecule has 0 radical (unpaired) electrons. The Hall–Kier alpha value is -2.47. The van der Waals surface area contributed by atoms with Gasteiger partial charge in [0.25, 0.3) is 5.56 Å². The lowest BCUT2D eigenvalue weighted by Crippen LogP contribution is -2.17. The zero-order chi connectivity index (χ0) is 18.0. The van der Waals surface area contributed by atoms with E-state index in [1.54, 1.807) is 16.8 Å². The second-order valence-electron chi connectivity index (χ2n) is 5.73. The van der Waals surface area contributed by atoms with E-state index in [0.29, 0.717) is 28.8 Å². The third kappa shape index (κ3) is 3.49. The number of H-pyrrole nitrogens is 1. The van der Waals surface area contributed by atoms with Gasteiger partial charge in [-0.05, 0) is 59.6 Å². The number of phenols is 1. The second kappa shape index (κ2) is 7.19. The molecule has 0 aliphatic rings. The van der Waals surface area contributed by atoms with Gasteiger partial charge in [0.15, 0.2) is 11.5 Å². The zero-order valence-corrected chi connectivity index (χ0v) is 15.6. The van der Waals surface area contributed by atoms with Crippen LogP contribution in [0.5, 0.6) is 11.5 Å². The van der Waals surface area contributed by atoms with Gasteiger partial charge >= 0.3 is 0 Å². The molecule has 0 aliphatic carbocycles. The van der Waals surface area contributed by atoms with Gasteiger partial charge in [-0.15, -0.1) is 0 Å². The number of aromatic amines is 1. The predicted octanol–water partition coefficient (Wildman–Crippen LogP) is 3.93. The van der Waals surface area contributed by atoms with Crippen molar-refractivity contribution in [2.45, 2.75) is 20.3 Å². The monoisotopic (exact) mass is 402 g/mol. The van der Waals surface area contributed by atoms with Crippen LogP contribution in [0.15, 0.2) is 51.7 Å². The van der Waals surface area contributed by atoms with Crippen LogP contribution >= 0.6 is 15.9 Å². The van der Waals surface area contributed by atoms with Crippen molar-refractivity contribution < 1.29 is 9.84 Å². The van der Waals surface area contributed by atoms with Gasteiger partial charge in [0, 0.05) is 17.7 Å². The van der Waals surface area contributed by atoms with Crippen molar-refractivity contribution in [3.63, 3.8) is 0 Å². The molecule has 2 aromatic carbocycles. The number of phenolic OH excluding ortho intramolecular Hbond substituents is 1. The minimum Gasteiger partial charge on any atom is -0.503 e. The summed E-state index contributed by atoms with van der Waals surface area (Å²) >= 11 is 3.34. The van der Waals surface area contributed by atoms with Crippen LogP contribution in [0, 0.1) is 6.92 Å². The number of para-hydroxylation sites is 1. The summed E-state index contributed by atoms with van der Waals surface area (Å²) in [5, 5.41) is 13.2. The molecule has 1 heterocycles. The maximum atomic E-state index is 12.8. The molecule has 0 unspecified atom stereocenters. The van der Waals surface area contributed by atoms with E-state index in [4.69, 9.17) is 4.74 Å². The van der Waals surface area contributed by atoms with Crippen LogP contribution in [0.3, 0.4) is 0 Å². The SMILES string of the molecule is CCOc1cc(Cc2c(C)[nH]n(-c3ccccc3)c2=O)cc(Br)c1O. The second-order valence-corrected chi connectivity index (χ2v) is 6.58. The molecule has 0 spiro atoms. The Morgan fingerprint density at radius 1 is 1.24 bits per heavy atom. The molecule has 0 fully saturated rings. The molecule has 5 nitrogen and oxygen atoms in total. The highest BCUT2D eigenvalue weighted by atomic mass is 79.9. The van der Waals surface area contributed by atoms with Gasteiger partial charge in [-0.3, -0.25) is 9.89 Å². The Bertz CT molecular complexity index is 945. The van der Waals surface area contributed by atoms with Crippen LogP contribution < -0.4 is 10.3 Å². The summed E-state index contributed by atoms with van der Waals surface area (Å²) < 4.78 is 7.55. The first-order chi connectivity index (χ1) is 12.0. The van der Waals surface area contributed by atoms with Crippen molar-refractivity contribution >= 4 is 15.9 Å². The summed E-state index contributed by atoms with van der Waals surface area (Å²) in [6.45, 7) is 4.19. The van der Waals surface area contributed by atoms with E-state index in [2.05, 4.69) is 21.0 Å². The molecule has 0 aliphatic heterocycles. The Balaban J connectivity index is 2.00. The number of aromatic hydroxyl groups is 1. The normalized spacial score (nSPS) is 10.8. The number of nitrogens with zero attached hydrogens (tertiary/aromatic N) is 1. The highest BCUT2D eigenvalue weighted by Crippen LogP contribution is 2.36. The van der Waals surface area contributed by atoms with Crippen LogP contribution in [0.4, 0.5) is 0 Å². The topological polar surface area (TPSA) is 67.2 Å². The minimum atomic E-state index is -0.0779. The smallest absolute Gasteiger partial charge is 0.274 e. The Kier molecular flexibility index (Phi) is 4.99. The van der Waals surface area contributed by atoms with E-state index in [9.17, 15) is 9.90 Å². The molecule has 0 saturated heterocycles. The van der Waals surface area contributed by atoms with E-state index in [-0.39, 0.29) is 11.3 Å². The fourth-order valence-electron chi connectivity index (χ4n) is 2.75. The highest BCUT2D eigenvalue weighted by molar-refractivity contribution is 9.10. The van der Waals surface area contributed by atoms with Crippen molar-refractivity contribution in [3.8, 4) is 17.2 Å². The molecule has 6 heteroatoms. The number of benzene rings is 2. The van der Waals surface area contributed by atoms with Crippen molar-refractivity contribution in [2.24, 2.45) is 0 Å². The number of aryl methyl sites for hydroxylation is 1. The van der Waals surface area contributed by atoms with Gasteiger partial charge < -0.3 is 9.84 Å². The van der Waals surface area contributed by atoms with Gasteiger partial charge in [0.1, 0.15) is 0 Å². The fourth-order valence-corrected chi connectivity index (χ4v) is 3.24. The van der Waals surface area contributed by atoms with E-state index in [1.807, 2.05) is 44.2 Å². The van der Waals surface area contributed by atoms with Crippen molar-refractivity contribution in [1.82, 2.24) is 9.78 Å². The first-order valence-corrected chi connectivity index (χ1v) is 8.80. The van der Waals surface area contributed by atoms with Crippen LogP contribution in [0.2, 0.25) is 0 Å². The first-order valence-electron chi connectivity index (χ1n) is 8.01. The first kappa shape index (κ1) is 17.4. The van der Waals surface area contributed by atoms with Crippen molar-refractivity contribution in [1.29, 1.82) is 0 Å². The van der Waals surface area contributed by atoms with Gasteiger partial charge in [-0.2, -0.15) is 0 Å². The zero-order valence-electron chi connectivity index (χ0n) is 14.0. The molecule has 3 aromatic rings. The molecule has 1 aromatic heterocycles. The van der Waals surface area contributed by atoms with E-state index >= 15 is 0 Å². The maximum Gasteiger partial charge on any atom is 0.274 e. The molecule has 0 saturated carbocycles. The van der Waals surface area contributed by atoms with E-state index in [1.165, 1.54) is 0 Å². The van der Waals surface area contributed by atoms with Gasteiger partial charge in [0.2, 0.25) is 0 Å². The predicted molar refractivity (Wildman–Crippen MR) is 101 cm³/mol. The van der Waals surface area contributed by atoms with Gasteiger partial charge in [-0.25, -0.2) is 4.68 Å². The Morgan fingerprint density at radius 2 is 1.96 bits per heavy atom. The summed E-state index contributed by atoms with van der Waals surface area (Å²) in [5.41, 5.74) is 3.10. The molecule has 2 N–H and O–H groups in total. The lowest BCUT2D eigenvalue weighted by Gasteiger charge is -2.10. The van der Waals surface area contributed by atoms with Crippen LogP contribution in [0.1, 0.15) is 23.7 Å². The molecule has 3 rings (SSSR count). The van der Waals surface area contributed by atoms with E-state index in [0.717, 1.165) is 16.9 Å². The summed E-state index contributed by atoms with van der Waals surface area (Å²) in [4.78, 5) is 12.8. The van der Waals surface area contributed by atoms with Crippen molar-refractivity contribution in [3.05, 3.63) is 74.1 Å². The summed E-state index contributed by atoms with van der Waals surface area (Å²) in [6, 6.07) is 13.0. The number of ether oxygens (including phenoxy) is 1. The molecule has 0 amide bonds. The van der Waals surface area contributed by atoms with Gasteiger partial charge in [-0.1, -0.05) is 18.2 Å².